The molecule has 4 rings (SSSR count). The smallest absolute Gasteiger partial charge is 0.280 e. The van der Waals surface area contributed by atoms with Gasteiger partial charge in [0.1, 0.15) is 0 Å². The summed E-state index contributed by atoms with van der Waals surface area (Å²) in [6.07, 6.45) is 0.779. The summed E-state index contributed by atoms with van der Waals surface area (Å²) in [7, 11) is 0. The highest BCUT2D eigenvalue weighted by atomic mass is 16.6. The Morgan fingerprint density at radius 1 is 1.33 bits per heavy atom. The number of hydrogen-bond donors (Lipinski definition) is 2. The Morgan fingerprint density at radius 2 is 2.19 bits per heavy atom. The number of nitrogens with one attached hydrogen (secondary N) is 1. The predicted octanol–water partition coefficient (Wildman–Crippen LogP) is 1.33. The number of nitrogens with two attached hydrogens (primary N) is 1. The molecule has 0 spiro atoms. The molecule has 0 saturated carbocycles. The number of amides is 1. The molecule has 0 atom stereocenters. The van der Waals surface area contributed by atoms with E-state index in [0.717, 1.165) is 22.9 Å². The fraction of sp³-hybridized carbons (Fsp3) is 0.214. The van der Waals surface area contributed by atoms with Crippen molar-refractivity contribution in [3.05, 3.63) is 41.2 Å². The van der Waals surface area contributed by atoms with Gasteiger partial charge in [-0.1, -0.05) is 18.2 Å². The van der Waals surface area contributed by atoms with Gasteiger partial charge in [-0.2, -0.15) is 0 Å². The maximum absolute atomic E-state index is 12.4. The Kier molecular flexibility index (Phi) is 2.47. The van der Waals surface area contributed by atoms with Crippen LogP contribution >= 0.6 is 0 Å². The van der Waals surface area contributed by atoms with Crippen molar-refractivity contribution in [2.75, 3.05) is 12.3 Å². The maximum Gasteiger partial charge on any atom is 0.280 e. The van der Waals surface area contributed by atoms with Crippen molar-refractivity contribution >= 4 is 22.6 Å². The number of anilines is 1. The molecule has 3 N–H and O–H groups in total. The number of rotatable bonds is 1. The quantitative estimate of drug-likeness (QED) is 0.701. The standard InChI is InChI=1S/C14H13N5O2/c15-13-12(17-21-18-13)14(20)19-6-5-11-9(7-19)8-3-1-2-4-10(8)16-11/h1-4,16H,5-7H2,(H2,15,18). The van der Waals surface area contributed by atoms with Crippen LogP contribution < -0.4 is 5.73 Å². The number of hydrogen-bond acceptors (Lipinski definition) is 5. The van der Waals surface area contributed by atoms with Crippen molar-refractivity contribution in [1.82, 2.24) is 20.2 Å². The van der Waals surface area contributed by atoms with Gasteiger partial charge >= 0.3 is 0 Å². The number of nitrogens with zero attached hydrogens (tertiary/aromatic N) is 3. The average Bonchev–Trinajstić information content (AvgIpc) is 3.09. The molecule has 3 heterocycles. The molecule has 106 valence electrons. The minimum atomic E-state index is -0.246. The van der Waals surface area contributed by atoms with Crippen LogP contribution in [0, 0.1) is 0 Å². The number of aromatic amines is 1. The van der Waals surface area contributed by atoms with E-state index in [1.165, 1.54) is 5.69 Å². The Morgan fingerprint density at radius 3 is 3.00 bits per heavy atom. The van der Waals surface area contributed by atoms with Gasteiger partial charge in [-0.15, -0.1) is 0 Å². The van der Waals surface area contributed by atoms with Gasteiger partial charge in [0, 0.05) is 41.7 Å². The van der Waals surface area contributed by atoms with E-state index in [1.54, 1.807) is 4.90 Å². The highest BCUT2D eigenvalue weighted by Gasteiger charge is 2.28. The van der Waals surface area contributed by atoms with Crippen LogP contribution in [0.15, 0.2) is 28.9 Å². The van der Waals surface area contributed by atoms with Crippen LogP contribution in [0.3, 0.4) is 0 Å². The number of carbonyl (C=O) groups is 1. The third-order valence-electron chi connectivity index (χ3n) is 3.89. The second kappa shape index (κ2) is 4.34. The van der Waals surface area contributed by atoms with Crippen molar-refractivity contribution < 1.29 is 9.42 Å². The van der Waals surface area contributed by atoms with Crippen molar-refractivity contribution in [2.24, 2.45) is 0 Å². The molecule has 1 amide bonds. The molecule has 7 nitrogen and oxygen atoms in total. The topological polar surface area (TPSA) is 101 Å². The lowest BCUT2D eigenvalue weighted by Crippen LogP contribution is -2.36. The van der Waals surface area contributed by atoms with Crippen molar-refractivity contribution in [3.63, 3.8) is 0 Å². The van der Waals surface area contributed by atoms with Crippen LogP contribution in [-0.2, 0) is 13.0 Å². The lowest BCUT2D eigenvalue weighted by molar-refractivity contribution is 0.0724. The molecule has 0 aliphatic carbocycles. The summed E-state index contributed by atoms with van der Waals surface area (Å²) in [5, 5.41) is 8.19. The molecule has 0 bridgehead atoms. The van der Waals surface area contributed by atoms with Gasteiger partial charge in [0.15, 0.2) is 0 Å². The van der Waals surface area contributed by atoms with Crippen LogP contribution in [0.4, 0.5) is 5.82 Å². The number of aromatic nitrogens is 3. The molecular formula is C14H13N5O2. The van der Waals surface area contributed by atoms with Crippen molar-refractivity contribution in [2.45, 2.75) is 13.0 Å². The lowest BCUT2D eigenvalue weighted by Gasteiger charge is -2.26. The largest absolute Gasteiger partial charge is 0.379 e. The summed E-state index contributed by atoms with van der Waals surface area (Å²) >= 11 is 0. The Bertz CT molecular complexity index is 835. The zero-order valence-corrected chi connectivity index (χ0v) is 11.2. The summed E-state index contributed by atoms with van der Waals surface area (Å²) in [6, 6.07) is 8.09. The number of carbonyl (C=O) groups excluding carboxylic acids is 1. The third kappa shape index (κ3) is 1.78. The minimum Gasteiger partial charge on any atom is -0.379 e. The lowest BCUT2D eigenvalue weighted by atomic mass is 10.0. The van der Waals surface area contributed by atoms with Crippen LogP contribution in [0.25, 0.3) is 10.9 Å². The van der Waals surface area contributed by atoms with Crippen molar-refractivity contribution in [1.29, 1.82) is 0 Å². The zero-order valence-electron chi connectivity index (χ0n) is 11.2. The second-order valence-corrected chi connectivity index (χ2v) is 5.10. The highest BCUT2D eigenvalue weighted by Crippen LogP contribution is 2.28. The van der Waals surface area contributed by atoms with Crippen LogP contribution in [-0.4, -0.2) is 32.6 Å². The van der Waals surface area contributed by atoms with Gasteiger partial charge in [-0.25, -0.2) is 4.63 Å². The Balaban J connectivity index is 1.70. The van der Waals surface area contributed by atoms with E-state index in [0.29, 0.717) is 13.1 Å². The van der Waals surface area contributed by atoms with Gasteiger partial charge < -0.3 is 15.6 Å². The number of H-pyrrole nitrogens is 1. The molecule has 1 aliphatic heterocycles. The Labute approximate surface area is 119 Å². The third-order valence-corrected chi connectivity index (χ3v) is 3.89. The first-order valence-corrected chi connectivity index (χ1v) is 6.70. The van der Waals surface area contributed by atoms with E-state index in [2.05, 4.69) is 26.0 Å². The van der Waals surface area contributed by atoms with Gasteiger partial charge in [-0.3, -0.25) is 4.79 Å². The summed E-state index contributed by atoms with van der Waals surface area (Å²) in [5.74, 6) is -0.214. The molecule has 0 unspecified atom stereocenters. The van der Waals surface area contributed by atoms with E-state index >= 15 is 0 Å². The second-order valence-electron chi connectivity index (χ2n) is 5.10. The van der Waals surface area contributed by atoms with E-state index < -0.39 is 0 Å². The normalized spacial score (nSPS) is 14.4. The molecule has 2 aromatic heterocycles. The van der Waals surface area contributed by atoms with E-state index in [9.17, 15) is 4.79 Å². The minimum absolute atomic E-state index is 0.0322. The van der Waals surface area contributed by atoms with Gasteiger partial charge in [0.2, 0.25) is 11.5 Å². The van der Waals surface area contributed by atoms with Gasteiger partial charge in [0.25, 0.3) is 5.91 Å². The summed E-state index contributed by atoms with van der Waals surface area (Å²) in [5.41, 5.74) is 9.11. The van der Waals surface area contributed by atoms with Crippen LogP contribution in [0.2, 0.25) is 0 Å². The molecule has 1 aromatic carbocycles. The molecule has 3 aromatic rings. The van der Waals surface area contributed by atoms with Crippen molar-refractivity contribution in [3.8, 4) is 0 Å². The molecule has 1 aliphatic rings. The molecule has 0 saturated heterocycles. The Hall–Kier alpha value is -2.83. The number of fused-ring (bicyclic) bond motifs is 3. The van der Waals surface area contributed by atoms with Crippen LogP contribution in [0.1, 0.15) is 21.7 Å². The maximum atomic E-state index is 12.4. The predicted molar refractivity (Wildman–Crippen MR) is 75.5 cm³/mol. The molecule has 7 heteroatoms. The van der Waals surface area contributed by atoms with Gasteiger partial charge in [0.05, 0.1) is 0 Å². The molecule has 0 radical (unpaired) electrons. The first-order valence-electron chi connectivity index (χ1n) is 6.70. The van der Waals surface area contributed by atoms with E-state index in [4.69, 9.17) is 5.73 Å². The number of nitrogen functional groups attached to an aromatic ring is 1. The summed E-state index contributed by atoms with van der Waals surface area (Å²) in [4.78, 5) is 17.6. The van der Waals surface area contributed by atoms with E-state index in [-0.39, 0.29) is 17.4 Å². The molecule has 21 heavy (non-hydrogen) atoms. The molecule has 0 fully saturated rings. The van der Waals surface area contributed by atoms with E-state index in [1.807, 2.05) is 18.2 Å². The number of para-hydroxylation sites is 1. The fourth-order valence-electron chi connectivity index (χ4n) is 2.83. The van der Waals surface area contributed by atoms with Crippen LogP contribution in [0.5, 0.6) is 0 Å². The first kappa shape index (κ1) is 12.0. The highest BCUT2D eigenvalue weighted by molar-refractivity contribution is 5.96. The fourth-order valence-corrected chi connectivity index (χ4v) is 2.83. The van der Waals surface area contributed by atoms with Gasteiger partial charge in [-0.05, 0) is 16.4 Å². The zero-order chi connectivity index (χ0) is 14.4. The monoisotopic (exact) mass is 283 g/mol. The first-order chi connectivity index (χ1) is 10.2. The summed E-state index contributed by atoms with van der Waals surface area (Å²) in [6.45, 7) is 1.15. The average molecular weight is 283 g/mol. The number of benzene rings is 1. The SMILES string of the molecule is Nc1nonc1C(=O)N1CCc2[nH]c3ccccc3c2C1. The summed E-state index contributed by atoms with van der Waals surface area (Å²) < 4.78 is 4.50. The molecular weight excluding hydrogens is 270 g/mol.